The molecule has 3 nitrogen and oxygen atoms in total. The summed E-state index contributed by atoms with van der Waals surface area (Å²) in [5, 5.41) is 0. The van der Waals surface area contributed by atoms with Gasteiger partial charge in [-0.25, -0.2) is 0 Å². The van der Waals surface area contributed by atoms with Crippen molar-refractivity contribution in [1.82, 2.24) is 0 Å². The molecule has 1 aromatic rings. The number of hydrogen-bond acceptors (Lipinski definition) is 2. The SMILES string of the molecule is Cc1ccc(S(=O)(=O)O)cc1.F[B-](F)(F)F.F[B-](F)(F)F.F[B-](F)(F)F.[LiH]. The van der Waals surface area contributed by atoms with Crippen molar-refractivity contribution in [1.29, 1.82) is 0 Å². The summed E-state index contributed by atoms with van der Waals surface area (Å²) in [7, 11) is -22.0. The van der Waals surface area contributed by atoms with Crippen molar-refractivity contribution in [2.24, 2.45) is 0 Å². The van der Waals surface area contributed by atoms with E-state index in [2.05, 4.69) is 0 Å². The molecule has 1 aromatic carbocycles. The molecule has 0 atom stereocenters. The Morgan fingerprint density at radius 1 is 0.667 bits per heavy atom. The average molecular weight is 441 g/mol. The van der Waals surface area contributed by atoms with Crippen LogP contribution in [0.5, 0.6) is 0 Å². The zero-order valence-electron chi connectivity index (χ0n) is 12.2. The van der Waals surface area contributed by atoms with Crippen molar-refractivity contribution in [2.75, 3.05) is 0 Å². The number of halogens is 12. The number of aryl methyl sites for hydroxylation is 1. The van der Waals surface area contributed by atoms with Crippen LogP contribution in [0.15, 0.2) is 29.2 Å². The predicted molar refractivity (Wildman–Crippen MR) is 78.7 cm³/mol. The fraction of sp³-hybridized carbons (Fsp3) is 0.143. The average Bonchev–Trinajstić information content (AvgIpc) is 2.20. The van der Waals surface area contributed by atoms with Gasteiger partial charge in [0.15, 0.2) is 0 Å². The second-order valence-corrected chi connectivity index (χ2v) is 5.19. The van der Waals surface area contributed by atoms with Gasteiger partial charge in [-0.1, -0.05) is 17.7 Å². The van der Waals surface area contributed by atoms with Crippen LogP contribution in [0, 0.1) is 6.92 Å². The molecule has 0 radical (unpaired) electrons. The van der Waals surface area contributed by atoms with E-state index < -0.39 is 31.9 Å². The normalized spacial score (nSPS) is 11.3. The first-order valence-corrected chi connectivity index (χ1v) is 7.10. The van der Waals surface area contributed by atoms with Gasteiger partial charge >= 0.3 is 40.6 Å². The summed E-state index contributed by atoms with van der Waals surface area (Å²) < 4.78 is 147. The van der Waals surface area contributed by atoms with Crippen LogP contribution in [0.25, 0.3) is 0 Å². The van der Waals surface area contributed by atoms with Gasteiger partial charge in [-0.15, -0.1) is 0 Å². The van der Waals surface area contributed by atoms with Crippen LogP contribution in [-0.4, -0.2) is 53.6 Å². The van der Waals surface area contributed by atoms with Gasteiger partial charge in [-0.2, -0.15) is 8.42 Å². The summed E-state index contributed by atoms with van der Waals surface area (Å²) in [5.74, 6) is 0. The van der Waals surface area contributed by atoms with Gasteiger partial charge in [0, 0.05) is 0 Å². The maximum absolute atomic E-state index is 10.5. The Labute approximate surface area is 157 Å². The molecule has 1 rings (SSSR count). The van der Waals surface area contributed by atoms with Crippen molar-refractivity contribution in [3.8, 4) is 0 Å². The first-order chi connectivity index (χ1) is 11.0. The summed E-state index contributed by atoms with van der Waals surface area (Å²) in [6.45, 7) is 1.84. The second kappa shape index (κ2) is 13.3. The summed E-state index contributed by atoms with van der Waals surface area (Å²) >= 11 is 0. The summed E-state index contributed by atoms with van der Waals surface area (Å²) in [6.07, 6.45) is 0. The molecule has 0 heterocycles. The van der Waals surface area contributed by atoms with E-state index in [1.54, 1.807) is 12.1 Å². The van der Waals surface area contributed by atoms with E-state index in [4.69, 9.17) is 4.55 Å². The third-order valence-corrected chi connectivity index (χ3v) is 2.19. The predicted octanol–water partition coefficient (Wildman–Crippen LogP) is 4.49. The Morgan fingerprint density at radius 2 is 0.852 bits per heavy atom. The van der Waals surface area contributed by atoms with Crippen LogP contribution in [0.3, 0.4) is 0 Å². The third kappa shape index (κ3) is 58.7. The first kappa shape index (κ1) is 33.7. The van der Waals surface area contributed by atoms with Gasteiger partial charge in [-0.3, -0.25) is 4.55 Å². The molecule has 0 aliphatic rings. The topological polar surface area (TPSA) is 54.4 Å². The number of hydrogen-bond donors (Lipinski definition) is 1. The van der Waals surface area contributed by atoms with Crippen molar-refractivity contribution >= 4 is 50.7 Å². The van der Waals surface area contributed by atoms with E-state index >= 15 is 0 Å². The van der Waals surface area contributed by atoms with Gasteiger partial charge in [0.1, 0.15) is 0 Å². The zero-order chi connectivity index (χ0) is 22.0. The molecule has 0 aliphatic heterocycles. The van der Waals surface area contributed by atoms with Gasteiger partial charge in [0.05, 0.1) is 4.90 Å². The van der Waals surface area contributed by atoms with Crippen LogP contribution < -0.4 is 0 Å². The van der Waals surface area contributed by atoms with Crippen molar-refractivity contribution in [3.05, 3.63) is 29.8 Å². The Hall–Kier alpha value is -0.918. The minimum atomic E-state index is -6.00. The summed E-state index contributed by atoms with van der Waals surface area (Å²) in [6, 6.07) is 5.99. The van der Waals surface area contributed by atoms with Gasteiger partial charge in [0.25, 0.3) is 10.1 Å². The van der Waals surface area contributed by atoms with Gasteiger partial charge < -0.3 is 51.8 Å². The van der Waals surface area contributed by atoms with E-state index in [1.165, 1.54) is 12.1 Å². The molecule has 0 amide bonds. The Kier molecular flexibility index (Phi) is 16.6. The quantitative estimate of drug-likeness (QED) is 0.398. The Bertz CT molecular complexity index is 554. The van der Waals surface area contributed by atoms with E-state index in [1.807, 2.05) is 6.92 Å². The number of rotatable bonds is 1. The van der Waals surface area contributed by atoms with Crippen LogP contribution in [0.1, 0.15) is 5.56 Å². The molecule has 1 N–H and O–H groups in total. The molecule has 0 aliphatic carbocycles. The maximum atomic E-state index is 10.5. The van der Waals surface area contributed by atoms with Crippen LogP contribution in [0.4, 0.5) is 51.8 Å². The van der Waals surface area contributed by atoms with Gasteiger partial charge in [-0.05, 0) is 19.1 Å². The van der Waals surface area contributed by atoms with Crippen molar-refractivity contribution < 1.29 is 64.8 Å². The van der Waals surface area contributed by atoms with Crippen LogP contribution >= 0.6 is 0 Å². The third-order valence-electron chi connectivity index (χ3n) is 1.32. The molecule has 158 valence electrons. The van der Waals surface area contributed by atoms with E-state index in [-0.39, 0.29) is 23.8 Å². The van der Waals surface area contributed by atoms with E-state index in [9.17, 15) is 60.2 Å². The van der Waals surface area contributed by atoms with Crippen molar-refractivity contribution in [2.45, 2.75) is 11.8 Å². The fourth-order valence-corrected chi connectivity index (χ4v) is 1.19. The summed E-state index contributed by atoms with van der Waals surface area (Å²) in [5.41, 5.74) is 0.956. The molecule has 20 heteroatoms. The minimum absolute atomic E-state index is 0. The van der Waals surface area contributed by atoms with Crippen molar-refractivity contribution in [3.63, 3.8) is 0 Å². The number of benzene rings is 1. The Balaban J connectivity index is -0.000000142. The standard InChI is InChI=1S/C7H8O3S.3BF4.Li.H/c1-6-2-4-7(5-3-6)11(8,9)10;3*2-1(3,4)5;;/h2-5H,1H3,(H,8,9,10);;;;;/q;3*-1;;. The van der Waals surface area contributed by atoms with E-state index in [0.717, 1.165) is 5.56 Å². The molecule has 0 bridgehead atoms. The first-order valence-electron chi connectivity index (χ1n) is 5.66. The van der Waals surface area contributed by atoms with Crippen LogP contribution in [0.2, 0.25) is 0 Å². The second-order valence-electron chi connectivity index (χ2n) is 3.77. The molecular formula is C7H9B3F12LiO3S-3. The Morgan fingerprint density at radius 3 is 1.00 bits per heavy atom. The summed E-state index contributed by atoms with van der Waals surface area (Å²) in [4.78, 5) is -0.0666. The zero-order valence-corrected chi connectivity index (χ0v) is 13.1. The monoisotopic (exact) mass is 441 g/mol. The molecule has 0 saturated carbocycles. The molecular weight excluding hydrogens is 431 g/mol. The molecule has 0 aromatic heterocycles. The molecule has 0 unspecified atom stereocenters. The fourth-order valence-electron chi connectivity index (χ4n) is 0.710. The molecule has 0 fully saturated rings. The molecule has 0 saturated heterocycles. The van der Waals surface area contributed by atoms with Crippen LogP contribution in [-0.2, 0) is 10.1 Å². The molecule has 0 spiro atoms. The van der Waals surface area contributed by atoms with Gasteiger partial charge in [0.2, 0.25) is 0 Å². The van der Waals surface area contributed by atoms with E-state index in [0.29, 0.717) is 0 Å². The molecule has 27 heavy (non-hydrogen) atoms.